The van der Waals surface area contributed by atoms with Crippen molar-refractivity contribution in [2.24, 2.45) is 0 Å². The SMILES string of the molecule is CC([AsH2])C(C(=O)O)c1ccco1. The molecule has 0 aliphatic rings. The van der Waals surface area contributed by atoms with Crippen LogP contribution in [0.5, 0.6) is 0 Å². The quantitative estimate of drug-likeness (QED) is 0.784. The van der Waals surface area contributed by atoms with Crippen LogP contribution in [0.4, 0.5) is 0 Å². The minimum atomic E-state index is -0.818. The molecule has 0 bridgehead atoms. The summed E-state index contributed by atoms with van der Waals surface area (Å²) in [5, 5.41) is 8.87. The molecule has 1 rings (SSSR count). The van der Waals surface area contributed by atoms with Crippen molar-refractivity contribution in [3.05, 3.63) is 24.2 Å². The first-order valence-corrected chi connectivity index (χ1v) is 5.04. The van der Waals surface area contributed by atoms with Crippen molar-refractivity contribution in [1.82, 2.24) is 0 Å². The zero-order chi connectivity index (χ0) is 9.14. The number of aliphatic carboxylic acids is 1. The molecule has 0 saturated heterocycles. The normalized spacial score (nSPS) is 15.5. The second-order valence-corrected chi connectivity index (χ2v) is 4.90. The maximum atomic E-state index is 10.8. The number of furan rings is 1. The summed E-state index contributed by atoms with van der Waals surface area (Å²) in [6.45, 7) is 1.89. The van der Waals surface area contributed by atoms with Gasteiger partial charge in [-0.3, -0.25) is 0 Å². The molecule has 1 aromatic heterocycles. The van der Waals surface area contributed by atoms with Gasteiger partial charge in [0.25, 0.3) is 0 Å². The fourth-order valence-corrected chi connectivity index (χ4v) is 1.82. The van der Waals surface area contributed by atoms with E-state index in [1.165, 1.54) is 23.1 Å². The third kappa shape index (κ3) is 1.92. The van der Waals surface area contributed by atoms with Gasteiger partial charge in [0.1, 0.15) is 0 Å². The van der Waals surface area contributed by atoms with Gasteiger partial charge in [0.05, 0.1) is 0 Å². The van der Waals surface area contributed by atoms with E-state index in [1.54, 1.807) is 12.1 Å². The van der Waals surface area contributed by atoms with E-state index in [2.05, 4.69) is 0 Å². The topological polar surface area (TPSA) is 50.4 Å². The fourth-order valence-electron chi connectivity index (χ4n) is 1.07. The number of carboxylic acids is 1. The first kappa shape index (κ1) is 9.40. The summed E-state index contributed by atoms with van der Waals surface area (Å²) >= 11 is 1.41. The zero-order valence-corrected chi connectivity index (χ0v) is 9.15. The average molecular weight is 230 g/mol. The number of carbonyl (C=O) groups is 1. The van der Waals surface area contributed by atoms with Gasteiger partial charge >= 0.3 is 78.8 Å². The molecule has 0 aliphatic heterocycles. The standard InChI is InChI=1S/C8H11AsO3/c1-5(9)7(8(10)11)6-3-2-4-12-6/h2-5,7H,9H2,1H3,(H,10,11). The van der Waals surface area contributed by atoms with E-state index in [1.807, 2.05) is 6.92 Å². The minimum absolute atomic E-state index is 0.112. The van der Waals surface area contributed by atoms with Crippen LogP contribution in [-0.4, -0.2) is 27.9 Å². The molecule has 3 atom stereocenters. The van der Waals surface area contributed by atoms with E-state index >= 15 is 0 Å². The third-order valence-electron chi connectivity index (χ3n) is 1.64. The summed E-state index contributed by atoms with van der Waals surface area (Å²) in [6.07, 6.45) is 1.50. The molecule has 1 aromatic rings. The van der Waals surface area contributed by atoms with E-state index in [0.717, 1.165) is 0 Å². The molecule has 0 fully saturated rings. The average Bonchev–Trinajstić information content (AvgIpc) is 2.37. The molecule has 1 heterocycles. The van der Waals surface area contributed by atoms with Gasteiger partial charge in [0, 0.05) is 0 Å². The molecule has 3 nitrogen and oxygen atoms in total. The van der Waals surface area contributed by atoms with E-state index in [4.69, 9.17) is 9.52 Å². The Morgan fingerprint density at radius 2 is 2.42 bits per heavy atom. The molecule has 3 unspecified atom stereocenters. The molecule has 0 aromatic carbocycles. The number of hydrogen-bond donors (Lipinski definition) is 1. The van der Waals surface area contributed by atoms with Gasteiger partial charge in [0.15, 0.2) is 0 Å². The molecule has 0 amide bonds. The van der Waals surface area contributed by atoms with Crippen molar-refractivity contribution in [2.75, 3.05) is 0 Å². The summed E-state index contributed by atoms with van der Waals surface area (Å²) in [5.74, 6) is -0.777. The Hall–Kier alpha value is -0.692. The second-order valence-electron chi connectivity index (χ2n) is 2.69. The van der Waals surface area contributed by atoms with Gasteiger partial charge in [-0.15, -0.1) is 0 Å². The van der Waals surface area contributed by atoms with Gasteiger partial charge in [-0.1, -0.05) is 0 Å². The van der Waals surface area contributed by atoms with Crippen LogP contribution in [0, 0.1) is 0 Å². The van der Waals surface area contributed by atoms with Crippen LogP contribution in [0.15, 0.2) is 22.8 Å². The van der Waals surface area contributed by atoms with Gasteiger partial charge in [0.2, 0.25) is 0 Å². The van der Waals surface area contributed by atoms with Crippen LogP contribution in [0.1, 0.15) is 18.6 Å². The summed E-state index contributed by atoms with van der Waals surface area (Å²) in [6, 6.07) is 3.41. The molecular formula is C8H11AsO3. The molecule has 66 valence electrons. The Kier molecular flexibility index (Phi) is 2.98. The van der Waals surface area contributed by atoms with Crippen LogP contribution in [-0.2, 0) is 4.79 Å². The van der Waals surface area contributed by atoms with Crippen molar-refractivity contribution in [3.8, 4) is 0 Å². The Balaban J connectivity index is 2.88. The Morgan fingerprint density at radius 3 is 2.75 bits per heavy atom. The maximum absolute atomic E-state index is 10.8. The Morgan fingerprint density at radius 1 is 1.75 bits per heavy atom. The van der Waals surface area contributed by atoms with Crippen LogP contribution >= 0.6 is 0 Å². The first-order valence-electron chi connectivity index (χ1n) is 3.64. The van der Waals surface area contributed by atoms with Crippen molar-refractivity contribution in [1.29, 1.82) is 0 Å². The van der Waals surface area contributed by atoms with E-state index in [0.29, 0.717) is 5.76 Å². The predicted molar refractivity (Wildman–Crippen MR) is 47.1 cm³/mol. The third-order valence-corrected chi connectivity index (χ3v) is 2.45. The summed E-state index contributed by atoms with van der Waals surface area (Å²) in [5.41, 5.74) is 0. The molecule has 0 radical (unpaired) electrons. The van der Waals surface area contributed by atoms with Crippen molar-refractivity contribution < 1.29 is 14.3 Å². The summed E-state index contributed by atoms with van der Waals surface area (Å²) < 4.78 is 5.16. The molecule has 1 N–H and O–H groups in total. The Bertz CT molecular complexity index is 253. The van der Waals surface area contributed by atoms with Gasteiger partial charge in [-0.2, -0.15) is 0 Å². The van der Waals surface area contributed by atoms with Crippen LogP contribution in [0.2, 0.25) is 4.71 Å². The number of carboxylic acid groups (broad SMARTS) is 1. The van der Waals surface area contributed by atoms with E-state index in [-0.39, 0.29) is 4.71 Å². The molecule has 12 heavy (non-hydrogen) atoms. The molecule has 4 heteroatoms. The first-order chi connectivity index (χ1) is 5.63. The summed E-state index contributed by atoms with van der Waals surface area (Å²) in [4.78, 5) is 10.8. The molecule has 0 saturated carbocycles. The van der Waals surface area contributed by atoms with Gasteiger partial charge in [-0.25, -0.2) is 0 Å². The predicted octanol–water partition coefficient (Wildman–Crippen LogP) is 0.889. The van der Waals surface area contributed by atoms with Gasteiger partial charge < -0.3 is 0 Å². The van der Waals surface area contributed by atoms with Crippen LogP contribution in [0.3, 0.4) is 0 Å². The van der Waals surface area contributed by atoms with Crippen LogP contribution in [0.25, 0.3) is 0 Å². The van der Waals surface area contributed by atoms with Crippen molar-refractivity contribution >= 4 is 22.8 Å². The van der Waals surface area contributed by atoms with Crippen molar-refractivity contribution in [2.45, 2.75) is 17.5 Å². The van der Waals surface area contributed by atoms with Gasteiger partial charge in [-0.05, 0) is 0 Å². The molecule has 0 spiro atoms. The second kappa shape index (κ2) is 3.81. The monoisotopic (exact) mass is 230 g/mol. The van der Waals surface area contributed by atoms with Crippen LogP contribution < -0.4 is 0 Å². The summed E-state index contributed by atoms with van der Waals surface area (Å²) in [7, 11) is 0. The Labute approximate surface area is 79.3 Å². The van der Waals surface area contributed by atoms with E-state index < -0.39 is 11.9 Å². The molecular weight excluding hydrogens is 219 g/mol. The number of hydrogen-bond acceptors (Lipinski definition) is 2. The van der Waals surface area contributed by atoms with E-state index in [9.17, 15) is 4.79 Å². The molecule has 0 aliphatic carbocycles. The number of rotatable bonds is 3. The van der Waals surface area contributed by atoms with Crippen molar-refractivity contribution in [3.63, 3.8) is 0 Å². The fraction of sp³-hybridized carbons (Fsp3) is 0.375. The zero-order valence-electron chi connectivity index (χ0n) is 6.73.